The van der Waals surface area contributed by atoms with Crippen LogP contribution in [0, 0.1) is 5.82 Å². The van der Waals surface area contributed by atoms with E-state index in [0.29, 0.717) is 6.54 Å². The number of sulfonamides is 1. The molecule has 2 aromatic carbocycles. The largest absolute Gasteiger partial charge is 0.454 e. The van der Waals surface area contributed by atoms with Gasteiger partial charge in [-0.15, -0.1) is 0 Å². The van der Waals surface area contributed by atoms with Crippen molar-refractivity contribution in [1.82, 2.24) is 4.31 Å². The number of hydrogen-bond donors (Lipinski definition) is 0. The molecule has 154 valence electrons. The molecule has 1 aliphatic rings. The molecular formula is C21H22FNO5S. The minimum absolute atomic E-state index is 0.0190. The predicted octanol–water partition coefficient (Wildman–Crippen LogP) is 3.43. The molecule has 1 saturated heterocycles. The Bertz CT molecular complexity index is 1000. The molecule has 29 heavy (non-hydrogen) atoms. The zero-order chi connectivity index (χ0) is 21.0. The first-order valence-electron chi connectivity index (χ1n) is 9.37. The molecule has 1 atom stereocenters. The molecule has 3 rings (SSSR count). The average molecular weight is 419 g/mol. The summed E-state index contributed by atoms with van der Waals surface area (Å²) in [5.41, 5.74) is 0.261. The Morgan fingerprint density at radius 1 is 1.10 bits per heavy atom. The van der Waals surface area contributed by atoms with Crippen molar-refractivity contribution in [2.24, 2.45) is 0 Å². The highest BCUT2D eigenvalue weighted by molar-refractivity contribution is 7.89. The molecule has 1 heterocycles. The highest BCUT2D eigenvalue weighted by atomic mass is 32.2. The average Bonchev–Trinajstić information content (AvgIpc) is 2.72. The Morgan fingerprint density at radius 3 is 2.52 bits per heavy atom. The zero-order valence-corrected chi connectivity index (χ0v) is 16.8. The van der Waals surface area contributed by atoms with Crippen LogP contribution in [0.2, 0.25) is 0 Å². The number of ether oxygens (including phenoxy) is 1. The quantitative estimate of drug-likeness (QED) is 0.529. The van der Waals surface area contributed by atoms with Gasteiger partial charge < -0.3 is 4.74 Å². The van der Waals surface area contributed by atoms with Gasteiger partial charge in [0.2, 0.25) is 10.0 Å². The molecule has 1 aliphatic heterocycles. The summed E-state index contributed by atoms with van der Waals surface area (Å²) in [6.45, 7) is 1.80. The monoisotopic (exact) mass is 419 g/mol. The molecule has 6 nitrogen and oxygen atoms in total. The van der Waals surface area contributed by atoms with Gasteiger partial charge in [0.15, 0.2) is 12.4 Å². The molecule has 0 saturated carbocycles. The molecule has 0 amide bonds. The van der Waals surface area contributed by atoms with Crippen LogP contribution in [0.1, 0.15) is 46.9 Å². The van der Waals surface area contributed by atoms with Gasteiger partial charge in [0.05, 0.1) is 10.5 Å². The number of piperidine rings is 1. The number of carbonyl (C=O) groups excluding carboxylic acids is 2. The molecular weight excluding hydrogens is 397 g/mol. The summed E-state index contributed by atoms with van der Waals surface area (Å²) in [5, 5.41) is 0. The van der Waals surface area contributed by atoms with Gasteiger partial charge in [0, 0.05) is 18.2 Å². The van der Waals surface area contributed by atoms with Gasteiger partial charge in [-0.05, 0) is 62.2 Å². The number of hydrogen-bond acceptors (Lipinski definition) is 5. The molecule has 0 radical (unpaired) electrons. The molecule has 0 aliphatic carbocycles. The fraction of sp³-hybridized carbons (Fsp3) is 0.333. The van der Waals surface area contributed by atoms with Gasteiger partial charge in [-0.3, -0.25) is 4.79 Å². The standard InChI is InChI=1S/C21H22FNO5S/c1-15-5-2-3-12-23(15)29(26,27)19-7-4-6-17(13-19)21(25)28-14-20(24)16-8-10-18(22)11-9-16/h4,6-11,13,15H,2-3,5,12,14H2,1H3/t15-/m0/s1. The third-order valence-corrected chi connectivity index (χ3v) is 6.93. The highest BCUT2D eigenvalue weighted by Crippen LogP contribution is 2.25. The van der Waals surface area contributed by atoms with E-state index in [2.05, 4.69) is 0 Å². The van der Waals surface area contributed by atoms with E-state index >= 15 is 0 Å². The summed E-state index contributed by atoms with van der Waals surface area (Å²) in [5.74, 6) is -1.76. The summed E-state index contributed by atoms with van der Waals surface area (Å²) in [6.07, 6.45) is 2.59. The number of rotatable bonds is 6. The van der Waals surface area contributed by atoms with Crippen molar-refractivity contribution in [2.75, 3.05) is 13.2 Å². The van der Waals surface area contributed by atoms with E-state index in [9.17, 15) is 22.4 Å². The first-order chi connectivity index (χ1) is 13.8. The third-order valence-electron chi connectivity index (χ3n) is 4.92. The second-order valence-corrected chi connectivity index (χ2v) is 8.89. The Balaban J connectivity index is 1.70. The third kappa shape index (κ3) is 4.89. The van der Waals surface area contributed by atoms with Crippen molar-refractivity contribution in [3.63, 3.8) is 0 Å². The molecule has 0 aromatic heterocycles. The van der Waals surface area contributed by atoms with Gasteiger partial charge in [-0.2, -0.15) is 4.31 Å². The van der Waals surface area contributed by atoms with Gasteiger partial charge in [-0.1, -0.05) is 12.5 Å². The predicted molar refractivity (Wildman–Crippen MR) is 105 cm³/mol. The molecule has 0 N–H and O–H groups in total. The Morgan fingerprint density at radius 2 is 1.83 bits per heavy atom. The normalized spacial score (nSPS) is 17.7. The molecule has 8 heteroatoms. The van der Waals surface area contributed by atoms with E-state index < -0.39 is 34.2 Å². The van der Waals surface area contributed by atoms with Crippen molar-refractivity contribution < 1.29 is 27.1 Å². The second-order valence-electron chi connectivity index (χ2n) is 6.99. The molecule has 1 fully saturated rings. The first-order valence-corrected chi connectivity index (χ1v) is 10.8. The second kappa shape index (κ2) is 8.84. The summed E-state index contributed by atoms with van der Waals surface area (Å²) in [6, 6.07) is 10.4. The van der Waals surface area contributed by atoms with Crippen molar-refractivity contribution in [1.29, 1.82) is 0 Å². The lowest BCUT2D eigenvalue weighted by atomic mass is 10.1. The van der Waals surface area contributed by atoms with E-state index in [-0.39, 0.29) is 22.1 Å². The maximum absolute atomic E-state index is 12.9. The summed E-state index contributed by atoms with van der Waals surface area (Å²) >= 11 is 0. The van der Waals surface area contributed by atoms with Crippen molar-refractivity contribution in [3.05, 3.63) is 65.5 Å². The molecule has 0 spiro atoms. The number of esters is 1. The van der Waals surface area contributed by atoms with Crippen molar-refractivity contribution >= 4 is 21.8 Å². The number of ketones is 1. The van der Waals surface area contributed by atoms with Crippen molar-refractivity contribution in [2.45, 2.75) is 37.1 Å². The number of Topliss-reactive ketones (excluding diaryl/α,β-unsaturated/α-hetero) is 1. The van der Waals surface area contributed by atoms with Crippen LogP contribution in [0.15, 0.2) is 53.4 Å². The fourth-order valence-electron chi connectivity index (χ4n) is 3.28. The van der Waals surface area contributed by atoms with E-state index in [4.69, 9.17) is 4.74 Å². The topological polar surface area (TPSA) is 80.8 Å². The van der Waals surface area contributed by atoms with Crippen LogP contribution < -0.4 is 0 Å². The Labute approximate surface area is 169 Å². The van der Waals surface area contributed by atoms with E-state index in [1.54, 1.807) is 0 Å². The van der Waals surface area contributed by atoms with Crippen LogP contribution in [-0.2, 0) is 14.8 Å². The van der Waals surface area contributed by atoms with Crippen LogP contribution >= 0.6 is 0 Å². The lowest BCUT2D eigenvalue weighted by molar-refractivity contribution is 0.0474. The maximum atomic E-state index is 12.9. The minimum Gasteiger partial charge on any atom is -0.454 e. The number of benzene rings is 2. The Kier molecular flexibility index (Phi) is 6.44. The van der Waals surface area contributed by atoms with Gasteiger partial charge in [0.25, 0.3) is 0 Å². The summed E-state index contributed by atoms with van der Waals surface area (Å²) in [4.78, 5) is 24.4. The maximum Gasteiger partial charge on any atom is 0.338 e. The van der Waals surface area contributed by atoms with Gasteiger partial charge >= 0.3 is 5.97 Å². The van der Waals surface area contributed by atoms with E-state index in [1.165, 1.54) is 40.7 Å². The molecule has 0 bridgehead atoms. The minimum atomic E-state index is -3.72. The van der Waals surface area contributed by atoms with E-state index in [0.717, 1.165) is 31.4 Å². The zero-order valence-electron chi connectivity index (χ0n) is 16.0. The SMILES string of the molecule is C[C@H]1CCCCN1S(=O)(=O)c1cccc(C(=O)OCC(=O)c2ccc(F)cc2)c1. The molecule has 0 unspecified atom stereocenters. The fourth-order valence-corrected chi connectivity index (χ4v) is 5.03. The highest BCUT2D eigenvalue weighted by Gasteiger charge is 2.31. The first kappa shape index (κ1) is 21.1. The lowest BCUT2D eigenvalue weighted by Crippen LogP contribution is -2.41. The van der Waals surface area contributed by atoms with Crippen LogP contribution in [-0.4, -0.2) is 43.7 Å². The van der Waals surface area contributed by atoms with Gasteiger partial charge in [0.1, 0.15) is 5.82 Å². The van der Waals surface area contributed by atoms with Crippen LogP contribution in [0.3, 0.4) is 0 Å². The van der Waals surface area contributed by atoms with Crippen LogP contribution in [0.25, 0.3) is 0 Å². The van der Waals surface area contributed by atoms with Crippen LogP contribution in [0.4, 0.5) is 4.39 Å². The summed E-state index contributed by atoms with van der Waals surface area (Å²) < 4.78 is 45.3. The van der Waals surface area contributed by atoms with Crippen LogP contribution in [0.5, 0.6) is 0 Å². The number of nitrogens with zero attached hydrogens (tertiary/aromatic N) is 1. The smallest absolute Gasteiger partial charge is 0.338 e. The Hall–Kier alpha value is -2.58. The van der Waals surface area contributed by atoms with Gasteiger partial charge in [-0.25, -0.2) is 17.6 Å². The number of halogens is 1. The van der Waals surface area contributed by atoms with E-state index in [1.807, 2.05) is 6.92 Å². The number of carbonyl (C=O) groups is 2. The molecule has 2 aromatic rings. The lowest BCUT2D eigenvalue weighted by Gasteiger charge is -2.32. The van der Waals surface area contributed by atoms with Crippen molar-refractivity contribution in [3.8, 4) is 0 Å². The summed E-state index contributed by atoms with van der Waals surface area (Å²) in [7, 11) is -3.72.